The molecule has 4 nitrogen and oxygen atoms in total. The van der Waals surface area contributed by atoms with Crippen LogP contribution < -0.4 is 10.1 Å². The summed E-state index contributed by atoms with van der Waals surface area (Å²) in [6, 6.07) is 6.05. The van der Waals surface area contributed by atoms with Gasteiger partial charge in [-0.05, 0) is 43.1 Å². The first kappa shape index (κ1) is 13.6. The molecule has 0 radical (unpaired) electrons. The van der Waals surface area contributed by atoms with Crippen LogP contribution in [0.15, 0.2) is 28.9 Å². The van der Waals surface area contributed by atoms with Crippen molar-refractivity contribution in [2.45, 2.75) is 33.2 Å². The summed E-state index contributed by atoms with van der Waals surface area (Å²) in [5.41, 5.74) is 3.37. The highest BCUT2D eigenvalue weighted by Crippen LogP contribution is 2.26. The fraction of sp³-hybridized carbons (Fsp3) is 0.400. The summed E-state index contributed by atoms with van der Waals surface area (Å²) in [5.74, 6) is 1.26. The van der Waals surface area contributed by atoms with E-state index in [-0.39, 0.29) is 6.08 Å². The Bertz CT molecular complexity index is 547. The van der Waals surface area contributed by atoms with Crippen molar-refractivity contribution in [2.75, 3.05) is 7.05 Å². The molecule has 0 saturated heterocycles. The molecule has 2 aromatic rings. The Hall–Kier alpha value is -1.81. The Morgan fingerprint density at radius 1 is 1.37 bits per heavy atom. The van der Waals surface area contributed by atoms with Gasteiger partial charge in [-0.3, -0.25) is 0 Å². The molecule has 0 fully saturated rings. The van der Waals surface area contributed by atoms with Gasteiger partial charge in [-0.1, -0.05) is 19.9 Å². The van der Waals surface area contributed by atoms with E-state index >= 15 is 0 Å². The number of nitrogens with zero attached hydrogens (tertiary/aromatic N) is 1. The number of aromatic nitrogens is 1. The summed E-state index contributed by atoms with van der Waals surface area (Å²) in [5, 5.41) is 3.01. The van der Waals surface area contributed by atoms with Crippen LogP contribution in [0, 0.1) is 6.92 Å². The van der Waals surface area contributed by atoms with Gasteiger partial charge in [0.15, 0.2) is 0 Å². The monoisotopic (exact) mass is 260 g/mol. The SMILES string of the molecule is CNCc1coc(Oc2ccc(C(C)C)c(C)c2)n1. The maximum atomic E-state index is 5.62. The number of benzene rings is 1. The molecule has 0 bridgehead atoms. The minimum atomic E-state index is 0.280. The predicted molar refractivity (Wildman–Crippen MR) is 74.6 cm³/mol. The molecule has 4 heteroatoms. The molecule has 0 amide bonds. The lowest BCUT2D eigenvalue weighted by Crippen LogP contribution is -2.04. The van der Waals surface area contributed by atoms with Crippen molar-refractivity contribution < 1.29 is 9.15 Å². The average molecular weight is 260 g/mol. The van der Waals surface area contributed by atoms with Gasteiger partial charge < -0.3 is 14.5 Å². The second kappa shape index (κ2) is 5.89. The molecule has 0 atom stereocenters. The molecular formula is C15H20N2O2. The second-order valence-electron chi connectivity index (χ2n) is 4.91. The summed E-state index contributed by atoms with van der Waals surface area (Å²) in [7, 11) is 1.86. The lowest BCUT2D eigenvalue weighted by molar-refractivity contribution is 0.330. The zero-order valence-corrected chi connectivity index (χ0v) is 11.9. The number of oxazole rings is 1. The van der Waals surface area contributed by atoms with E-state index < -0.39 is 0 Å². The Labute approximate surface area is 113 Å². The number of ether oxygens (including phenoxy) is 1. The third-order valence-corrected chi connectivity index (χ3v) is 2.96. The van der Waals surface area contributed by atoms with Crippen LogP contribution >= 0.6 is 0 Å². The smallest absolute Gasteiger partial charge is 0.399 e. The molecule has 0 spiro atoms. The van der Waals surface area contributed by atoms with Crippen molar-refractivity contribution in [1.82, 2.24) is 10.3 Å². The van der Waals surface area contributed by atoms with Gasteiger partial charge in [-0.2, -0.15) is 4.98 Å². The van der Waals surface area contributed by atoms with Crippen molar-refractivity contribution in [3.05, 3.63) is 41.3 Å². The van der Waals surface area contributed by atoms with Gasteiger partial charge in [-0.25, -0.2) is 0 Å². The topological polar surface area (TPSA) is 47.3 Å². The number of hydrogen-bond donors (Lipinski definition) is 1. The number of aryl methyl sites for hydroxylation is 1. The second-order valence-corrected chi connectivity index (χ2v) is 4.91. The first-order chi connectivity index (χ1) is 9.10. The highest BCUT2D eigenvalue weighted by atomic mass is 16.6. The fourth-order valence-electron chi connectivity index (χ4n) is 2.06. The van der Waals surface area contributed by atoms with Crippen molar-refractivity contribution in [3.63, 3.8) is 0 Å². The van der Waals surface area contributed by atoms with E-state index in [9.17, 15) is 0 Å². The van der Waals surface area contributed by atoms with E-state index in [0.29, 0.717) is 12.5 Å². The van der Waals surface area contributed by atoms with Crippen molar-refractivity contribution in [1.29, 1.82) is 0 Å². The molecule has 0 saturated carbocycles. The lowest BCUT2D eigenvalue weighted by atomic mass is 9.98. The van der Waals surface area contributed by atoms with Gasteiger partial charge >= 0.3 is 6.08 Å². The van der Waals surface area contributed by atoms with Gasteiger partial charge in [0.2, 0.25) is 0 Å². The summed E-state index contributed by atoms with van der Waals surface area (Å²) in [6.45, 7) is 7.12. The van der Waals surface area contributed by atoms with Crippen LogP contribution in [-0.4, -0.2) is 12.0 Å². The largest absolute Gasteiger partial charge is 0.417 e. The molecular weight excluding hydrogens is 240 g/mol. The van der Waals surface area contributed by atoms with Crippen LogP contribution in [0.5, 0.6) is 11.8 Å². The molecule has 2 rings (SSSR count). The van der Waals surface area contributed by atoms with Crippen molar-refractivity contribution >= 4 is 0 Å². The van der Waals surface area contributed by atoms with Gasteiger partial charge in [0, 0.05) is 6.54 Å². The third-order valence-electron chi connectivity index (χ3n) is 2.96. The fourth-order valence-corrected chi connectivity index (χ4v) is 2.06. The van der Waals surface area contributed by atoms with Crippen LogP contribution in [0.4, 0.5) is 0 Å². The first-order valence-corrected chi connectivity index (χ1v) is 6.47. The maximum absolute atomic E-state index is 5.62. The highest BCUT2D eigenvalue weighted by molar-refractivity contribution is 5.37. The molecule has 0 aliphatic heterocycles. The summed E-state index contributed by atoms with van der Waals surface area (Å²) >= 11 is 0. The zero-order chi connectivity index (χ0) is 13.8. The van der Waals surface area contributed by atoms with E-state index in [0.717, 1.165) is 11.4 Å². The molecule has 0 unspecified atom stereocenters. The van der Waals surface area contributed by atoms with Crippen LogP contribution in [-0.2, 0) is 6.54 Å². The Kier molecular flexibility index (Phi) is 4.22. The van der Waals surface area contributed by atoms with Gasteiger partial charge in [0.05, 0.1) is 5.69 Å². The summed E-state index contributed by atoms with van der Waals surface area (Å²) in [6.07, 6.45) is 1.88. The molecule has 1 aromatic heterocycles. The predicted octanol–water partition coefficient (Wildman–Crippen LogP) is 3.62. The quantitative estimate of drug-likeness (QED) is 0.892. The molecule has 0 aliphatic carbocycles. The number of rotatable bonds is 5. The van der Waals surface area contributed by atoms with Gasteiger partial charge in [-0.15, -0.1) is 0 Å². The molecule has 102 valence electrons. The lowest BCUT2D eigenvalue weighted by Gasteiger charge is -2.10. The van der Waals surface area contributed by atoms with Gasteiger partial charge in [0.25, 0.3) is 0 Å². The van der Waals surface area contributed by atoms with Crippen molar-refractivity contribution in [2.24, 2.45) is 0 Å². The molecule has 1 aromatic carbocycles. The minimum absolute atomic E-state index is 0.280. The number of hydrogen-bond acceptors (Lipinski definition) is 4. The zero-order valence-electron chi connectivity index (χ0n) is 11.9. The Morgan fingerprint density at radius 3 is 2.79 bits per heavy atom. The molecule has 19 heavy (non-hydrogen) atoms. The summed E-state index contributed by atoms with van der Waals surface area (Å²) in [4.78, 5) is 4.23. The molecule has 0 aliphatic rings. The van der Waals surface area contributed by atoms with E-state index in [4.69, 9.17) is 9.15 Å². The van der Waals surface area contributed by atoms with E-state index in [1.165, 1.54) is 11.1 Å². The van der Waals surface area contributed by atoms with Crippen LogP contribution in [0.2, 0.25) is 0 Å². The molecule has 1 heterocycles. The van der Waals surface area contributed by atoms with E-state index in [1.807, 2.05) is 19.2 Å². The third kappa shape index (κ3) is 3.35. The number of nitrogens with one attached hydrogen (secondary N) is 1. The van der Waals surface area contributed by atoms with E-state index in [1.54, 1.807) is 6.26 Å². The minimum Gasteiger partial charge on any atom is -0.417 e. The molecule has 1 N–H and O–H groups in total. The van der Waals surface area contributed by atoms with Gasteiger partial charge in [0.1, 0.15) is 12.0 Å². The average Bonchev–Trinajstić information content (AvgIpc) is 2.76. The van der Waals surface area contributed by atoms with Crippen LogP contribution in [0.1, 0.15) is 36.6 Å². The highest BCUT2D eigenvalue weighted by Gasteiger charge is 2.08. The van der Waals surface area contributed by atoms with E-state index in [2.05, 4.69) is 37.1 Å². The standard InChI is InChI=1S/C15H20N2O2/c1-10(2)14-6-5-13(7-11(14)3)19-15-17-12(8-16-4)9-18-15/h5-7,9-10,16H,8H2,1-4H3. The van der Waals surface area contributed by atoms with Crippen molar-refractivity contribution in [3.8, 4) is 11.8 Å². The maximum Gasteiger partial charge on any atom is 0.399 e. The normalized spacial score (nSPS) is 11.0. The Morgan fingerprint density at radius 2 is 2.16 bits per heavy atom. The Balaban J connectivity index is 2.12. The first-order valence-electron chi connectivity index (χ1n) is 6.47. The van der Waals surface area contributed by atoms with Crippen LogP contribution in [0.25, 0.3) is 0 Å². The van der Waals surface area contributed by atoms with Crippen LogP contribution in [0.3, 0.4) is 0 Å². The summed E-state index contributed by atoms with van der Waals surface area (Å²) < 4.78 is 10.9.